The molecule has 0 radical (unpaired) electrons. The van der Waals surface area contributed by atoms with Crippen molar-refractivity contribution in [3.63, 3.8) is 0 Å². The third-order valence-electron chi connectivity index (χ3n) is 5.17. The monoisotopic (exact) mass is 427 g/mol. The Bertz CT molecular complexity index is 966. The molecule has 30 heavy (non-hydrogen) atoms. The van der Waals surface area contributed by atoms with E-state index in [4.69, 9.17) is 0 Å². The van der Waals surface area contributed by atoms with Crippen LogP contribution in [0.4, 0.5) is 27.9 Å². The maximum Gasteiger partial charge on any atom is 0.416 e. The molecule has 4 rings (SSSR count). The van der Waals surface area contributed by atoms with Crippen molar-refractivity contribution in [3.05, 3.63) is 47.0 Å². The smallest absolute Gasteiger partial charge is 0.341 e. The summed E-state index contributed by atoms with van der Waals surface area (Å²) in [4.78, 5) is 27.0. The van der Waals surface area contributed by atoms with Gasteiger partial charge in [-0.05, 0) is 18.2 Å². The van der Waals surface area contributed by atoms with Gasteiger partial charge in [0.1, 0.15) is 0 Å². The van der Waals surface area contributed by atoms with Gasteiger partial charge in [-0.3, -0.25) is 9.78 Å². The number of alkyl halides is 5. The number of carbonyl (C=O) groups is 1. The van der Waals surface area contributed by atoms with E-state index in [1.54, 1.807) is 11.0 Å². The van der Waals surface area contributed by atoms with Crippen LogP contribution in [0.2, 0.25) is 0 Å². The highest BCUT2D eigenvalue weighted by molar-refractivity contribution is 5.74. The van der Waals surface area contributed by atoms with Gasteiger partial charge in [0.2, 0.25) is 11.9 Å². The van der Waals surface area contributed by atoms with Crippen molar-refractivity contribution in [3.8, 4) is 0 Å². The Morgan fingerprint density at radius 3 is 2.47 bits per heavy atom. The number of aromatic nitrogens is 3. The van der Waals surface area contributed by atoms with Gasteiger partial charge >= 0.3 is 6.18 Å². The predicted molar refractivity (Wildman–Crippen MR) is 96.2 cm³/mol. The lowest BCUT2D eigenvalue weighted by Gasteiger charge is -2.40. The van der Waals surface area contributed by atoms with E-state index in [0.717, 1.165) is 18.3 Å². The van der Waals surface area contributed by atoms with E-state index >= 15 is 0 Å². The normalized spacial score (nSPS) is 18.7. The molecule has 2 aliphatic heterocycles. The van der Waals surface area contributed by atoms with Crippen molar-refractivity contribution in [2.75, 3.05) is 31.1 Å². The van der Waals surface area contributed by atoms with Crippen LogP contribution in [0, 0.1) is 0 Å². The molecule has 0 aliphatic carbocycles. The maximum absolute atomic E-state index is 13.3. The zero-order chi connectivity index (χ0) is 21.7. The lowest BCUT2D eigenvalue weighted by Crippen LogP contribution is -2.57. The fourth-order valence-electron chi connectivity index (χ4n) is 3.46. The lowest BCUT2D eigenvalue weighted by molar-refractivity contribution is -0.137. The van der Waals surface area contributed by atoms with Crippen molar-refractivity contribution in [2.24, 2.45) is 0 Å². The fourth-order valence-corrected chi connectivity index (χ4v) is 3.46. The summed E-state index contributed by atoms with van der Waals surface area (Å²) in [5.74, 6) is -2.85. The van der Waals surface area contributed by atoms with E-state index in [0.29, 0.717) is 24.5 Å². The van der Waals surface area contributed by atoms with Gasteiger partial charge in [0.25, 0.3) is 5.92 Å². The Hall–Kier alpha value is -2.85. The minimum Gasteiger partial charge on any atom is -0.341 e. The van der Waals surface area contributed by atoms with Crippen LogP contribution in [0.15, 0.2) is 24.4 Å². The minimum atomic E-state index is -4.50. The number of nitrogens with zero attached hydrogens (tertiary/aromatic N) is 5. The average Bonchev–Trinajstić information content (AvgIpc) is 2.57. The highest BCUT2D eigenvalue weighted by Gasteiger charge is 2.45. The zero-order valence-corrected chi connectivity index (χ0v) is 16.0. The van der Waals surface area contributed by atoms with Gasteiger partial charge in [0, 0.05) is 44.2 Å². The van der Waals surface area contributed by atoms with E-state index in [2.05, 4.69) is 15.0 Å². The molecule has 2 aromatic rings. The highest BCUT2D eigenvalue weighted by Crippen LogP contribution is 2.33. The van der Waals surface area contributed by atoms with Gasteiger partial charge in [-0.15, -0.1) is 0 Å². The Morgan fingerprint density at radius 1 is 1.17 bits per heavy atom. The topological polar surface area (TPSA) is 62.2 Å². The van der Waals surface area contributed by atoms with Crippen molar-refractivity contribution in [1.29, 1.82) is 0 Å². The first-order chi connectivity index (χ1) is 14.0. The average molecular weight is 427 g/mol. The highest BCUT2D eigenvalue weighted by atomic mass is 19.4. The molecule has 0 unspecified atom stereocenters. The summed E-state index contributed by atoms with van der Waals surface area (Å²) in [7, 11) is 0. The van der Waals surface area contributed by atoms with Gasteiger partial charge in [-0.1, -0.05) is 0 Å². The molecule has 0 bridgehead atoms. The van der Waals surface area contributed by atoms with Crippen molar-refractivity contribution >= 4 is 11.9 Å². The van der Waals surface area contributed by atoms with Gasteiger partial charge in [-0.2, -0.15) is 13.2 Å². The molecule has 4 heterocycles. The molecule has 1 amide bonds. The summed E-state index contributed by atoms with van der Waals surface area (Å²) in [6.07, 6.45) is -3.42. The Balaban J connectivity index is 1.60. The minimum absolute atomic E-state index is 0.000183. The molecule has 0 atom stereocenters. The second-order valence-electron chi connectivity index (χ2n) is 7.63. The first-order valence-corrected chi connectivity index (χ1v) is 9.28. The van der Waals surface area contributed by atoms with Crippen LogP contribution in [0.1, 0.15) is 35.5 Å². The molecule has 0 spiro atoms. The summed E-state index contributed by atoms with van der Waals surface area (Å²) in [5, 5.41) is 0. The summed E-state index contributed by atoms with van der Waals surface area (Å²) >= 11 is 0. The van der Waals surface area contributed by atoms with Gasteiger partial charge in [0.05, 0.1) is 30.0 Å². The maximum atomic E-state index is 13.3. The van der Waals surface area contributed by atoms with E-state index < -0.39 is 30.8 Å². The largest absolute Gasteiger partial charge is 0.416 e. The second kappa shape index (κ2) is 7.13. The van der Waals surface area contributed by atoms with Gasteiger partial charge < -0.3 is 9.80 Å². The van der Waals surface area contributed by atoms with Gasteiger partial charge in [0.15, 0.2) is 0 Å². The van der Waals surface area contributed by atoms with Crippen molar-refractivity contribution < 1.29 is 26.7 Å². The first kappa shape index (κ1) is 20.4. The zero-order valence-electron chi connectivity index (χ0n) is 16.0. The number of anilines is 1. The number of halogens is 5. The molecule has 2 saturated heterocycles. The molecular weight excluding hydrogens is 409 g/mol. The molecule has 0 N–H and O–H groups in total. The second-order valence-corrected chi connectivity index (χ2v) is 7.63. The van der Waals surface area contributed by atoms with E-state index in [9.17, 15) is 26.7 Å². The van der Waals surface area contributed by atoms with Crippen LogP contribution in [0.3, 0.4) is 0 Å². The quantitative estimate of drug-likeness (QED) is 0.703. The van der Waals surface area contributed by atoms with Crippen LogP contribution in [-0.2, 0) is 17.4 Å². The van der Waals surface area contributed by atoms with Crippen LogP contribution in [0.25, 0.3) is 0 Å². The summed E-state index contributed by atoms with van der Waals surface area (Å²) in [5.41, 5.74) is 0.307. The number of amides is 1. The summed E-state index contributed by atoms with van der Waals surface area (Å²) < 4.78 is 65.5. The molecule has 2 fully saturated rings. The predicted octanol–water partition coefficient (Wildman–Crippen LogP) is 2.88. The molecule has 6 nitrogen and oxygen atoms in total. The van der Waals surface area contributed by atoms with E-state index in [1.807, 2.05) is 0 Å². The first-order valence-electron chi connectivity index (χ1n) is 9.28. The number of hydrogen-bond donors (Lipinski definition) is 0. The van der Waals surface area contributed by atoms with Crippen LogP contribution in [0.5, 0.6) is 0 Å². The Kier molecular flexibility index (Phi) is 4.86. The van der Waals surface area contributed by atoms with Crippen molar-refractivity contribution in [2.45, 2.75) is 31.4 Å². The van der Waals surface area contributed by atoms with Crippen molar-refractivity contribution in [1.82, 2.24) is 19.9 Å². The molecule has 11 heteroatoms. The van der Waals surface area contributed by atoms with Crippen LogP contribution in [-0.4, -0.2) is 57.9 Å². The third kappa shape index (κ3) is 4.19. The molecule has 160 valence electrons. The summed E-state index contributed by atoms with van der Waals surface area (Å²) in [6.45, 7) is 1.32. The fraction of sp³-hybridized carbons (Fsp3) is 0.474. The Labute approximate surface area is 168 Å². The van der Waals surface area contributed by atoms with Crippen LogP contribution < -0.4 is 4.90 Å². The van der Waals surface area contributed by atoms with Crippen LogP contribution >= 0.6 is 0 Å². The number of hydrogen-bond acceptors (Lipinski definition) is 5. The number of rotatable bonds is 4. The number of likely N-dealkylation sites (tertiary alicyclic amines) is 1. The van der Waals surface area contributed by atoms with E-state index in [-0.39, 0.29) is 29.9 Å². The molecular formula is C19H18F5N5O. The molecule has 0 saturated carbocycles. The number of carbonyl (C=O) groups excluding carboxylic acids is 1. The SMILES string of the molecule is CC(=O)N1CC(c2cc(Cc3cc(C(F)(F)F)ccn3)nc(N3CC(F)(F)C3)n2)C1. The third-order valence-corrected chi connectivity index (χ3v) is 5.17. The lowest BCUT2D eigenvalue weighted by atomic mass is 9.95. The van der Waals surface area contributed by atoms with Gasteiger partial charge in [-0.25, -0.2) is 18.7 Å². The standard InChI is InChI=1S/C19H18F5N5O/c1-11(30)28-7-12(8-28)16-6-15(26-17(27-16)29-9-18(20,21)10-29)5-14-4-13(2-3-25-14)19(22,23)24/h2-4,6,12H,5,7-10H2,1H3. The number of pyridine rings is 1. The molecule has 2 aliphatic rings. The van der Waals surface area contributed by atoms with E-state index in [1.165, 1.54) is 11.8 Å². The Morgan fingerprint density at radius 2 is 1.87 bits per heavy atom. The molecule has 2 aromatic heterocycles. The summed E-state index contributed by atoms with van der Waals surface area (Å²) in [6, 6.07) is 3.47. The molecule has 0 aromatic carbocycles.